The molecular weight excluding hydrogens is 184 g/mol. The first-order valence-electron chi connectivity index (χ1n) is 4.10. The quantitative estimate of drug-likeness (QED) is 0.535. The number of hydrogen-bond donors (Lipinski definition) is 1. The summed E-state index contributed by atoms with van der Waals surface area (Å²) in [7, 11) is 1.23. The van der Waals surface area contributed by atoms with Crippen LogP contribution in [-0.4, -0.2) is 24.2 Å². The Morgan fingerprint density at radius 1 is 1.57 bits per heavy atom. The molecule has 0 radical (unpaired) electrons. The molecule has 0 aliphatic heterocycles. The zero-order chi connectivity index (χ0) is 11.1. The van der Waals surface area contributed by atoms with E-state index in [4.69, 9.17) is 5.11 Å². The summed E-state index contributed by atoms with van der Waals surface area (Å²) in [5.41, 5.74) is 0.737. The lowest BCUT2D eigenvalue weighted by molar-refractivity contribution is -0.148. The van der Waals surface area contributed by atoms with Crippen molar-refractivity contribution < 1.29 is 19.4 Å². The van der Waals surface area contributed by atoms with Crippen molar-refractivity contribution in [1.29, 1.82) is 0 Å². The van der Waals surface area contributed by atoms with E-state index in [2.05, 4.69) is 11.3 Å². The number of esters is 1. The molecule has 0 aliphatic carbocycles. The summed E-state index contributed by atoms with van der Waals surface area (Å²) in [6.45, 7) is 5.33. The van der Waals surface area contributed by atoms with Gasteiger partial charge in [0.15, 0.2) is 0 Å². The van der Waals surface area contributed by atoms with Gasteiger partial charge in [-0.3, -0.25) is 9.59 Å². The highest BCUT2D eigenvalue weighted by Gasteiger charge is 2.18. The maximum Gasteiger partial charge on any atom is 0.310 e. The second-order valence-corrected chi connectivity index (χ2v) is 2.93. The predicted molar refractivity (Wildman–Crippen MR) is 51.7 cm³/mol. The van der Waals surface area contributed by atoms with Crippen LogP contribution in [0.5, 0.6) is 0 Å². The first-order chi connectivity index (χ1) is 6.47. The van der Waals surface area contributed by atoms with E-state index >= 15 is 0 Å². The topological polar surface area (TPSA) is 63.6 Å². The van der Waals surface area contributed by atoms with E-state index in [-0.39, 0.29) is 6.42 Å². The molecule has 1 atom stereocenters. The molecular formula is C10H14O4. The maximum atomic E-state index is 10.8. The highest BCUT2D eigenvalue weighted by atomic mass is 16.5. The summed E-state index contributed by atoms with van der Waals surface area (Å²) in [4.78, 5) is 21.5. The van der Waals surface area contributed by atoms with Crippen molar-refractivity contribution in [1.82, 2.24) is 0 Å². The van der Waals surface area contributed by atoms with Crippen LogP contribution in [-0.2, 0) is 14.3 Å². The van der Waals surface area contributed by atoms with Gasteiger partial charge in [-0.05, 0) is 6.92 Å². The third-order valence-corrected chi connectivity index (χ3v) is 1.54. The number of carbonyl (C=O) groups is 2. The van der Waals surface area contributed by atoms with Crippen LogP contribution in [0.25, 0.3) is 0 Å². The third-order valence-electron chi connectivity index (χ3n) is 1.54. The van der Waals surface area contributed by atoms with Gasteiger partial charge >= 0.3 is 11.9 Å². The van der Waals surface area contributed by atoms with Gasteiger partial charge in [0.1, 0.15) is 0 Å². The van der Waals surface area contributed by atoms with Crippen LogP contribution in [0.1, 0.15) is 13.3 Å². The van der Waals surface area contributed by atoms with Gasteiger partial charge in [-0.1, -0.05) is 24.3 Å². The minimum Gasteiger partial charge on any atom is -0.481 e. The standard InChI is InChI=1S/C10H14O4/c1-7(2)4-5-8(10(12)13)6-9(11)14-3/h4-5,8H,1,6H2,2-3H3,(H,12,13). The minimum absolute atomic E-state index is 0.157. The van der Waals surface area contributed by atoms with Crippen molar-refractivity contribution in [2.75, 3.05) is 7.11 Å². The number of rotatable bonds is 5. The second-order valence-electron chi connectivity index (χ2n) is 2.93. The highest BCUT2D eigenvalue weighted by molar-refractivity contribution is 5.80. The number of methoxy groups -OCH3 is 1. The summed E-state index contributed by atoms with van der Waals surface area (Å²) in [6.07, 6.45) is 2.85. The summed E-state index contributed by atoms with van der Waals surface area (Å²) in [5.74, 6) is -2.43. The van der Waals surface area contributed by atoms with Gasteiger partial charge < -0.3 is 9.84 Å². The third kappa shape index (κ3) is 5.13. The molecule has 14 heavy (non-hydrogen) atoms. The molecule has 0 rings (SSSR count). The molecule has 0 spiro atoms. The van der Waals surface area contributed by atoms with E-state index in [9.17, 15) is 9.59 Å². The number of carbonyl (C=O) groups excluding carboxylic acids is 1. The van der Waals surface area contributed by atoms with Gasteiger partial charge in [-0.25, -0.2) is 0 Å². The lowest BCUT2D eigenvalue weighted by Crippen LogP contribution is -2.16. The fourth-order valence-electron chi connectivity index (χ4n) is 0.781. The number of allylic oxidation sites excluding steroid dienone is 2. The first kappa shape index (κ1) is 12.4. The zero-order valence-corrected chi connectivity index (χ0v) is 8.32. The molecule has 0 saturated carbocycles. The Morgan fingerprint density at radius 2 is 2.14 bits per heavy atom. The second kappa shape index (κ2) is 5.96. The molecule has 0 heterocycles. The monoisotopic (exact) mass is 198 g/mol. The molecule has 78 valence electrons. The van der Waals surface area contributed by atoms with Crippen LogP contribution in [0.15, 0.2) is 24.3 Å². The highest BCUT2D eigenvalue weighted by Crippen LogP contribution is 2.08. The van der Waals surface area contributed by atoms with Crippen LogP contribution in [0.3, 0.4) is 0 Å². The average molecular weight is 198 g/mol. The molecule has 4 nitrogen and oxygen atoms in total. The Labute approximate surface area is 82.9 Å². The number of carboxylic acids is 1. The minimum atomic E-state index is -1.05. The van der Waals surface area contributed by atoms with Gasteiger partial charge in [0.2, 0.25) is 0 Å². The van der Waals surface area contributed by atoms with Crippen molar-refractivity contribution >= 4 is 11.9 Å². The van der Waals surface area contributed by atoms with Crippen molar-refractivity contribution in [3.63, 3.8) is 0 Å². The first-order valence-corrected chi connectivity index (χ1v) is 4.10. The van der Waals surface area contributed by atoms with Crippen LogP contribution >= 0.6 is 0 Å². The molecule has 0 amide bonds. The Morgan fingerprint density at radius 3 is 2.50 bits per heavy atom. The van der Waals surface area contributed by atoms with E-state index in [0.717, 1.165) is 5.57 Å². The molecule has 4 heteroatoms. The summed E-state index contributed by atoms with van der Waals surface area (Å²) < 4.78 is 4.38. The average Bonchev–Trinajstić information content (AvgIpc) is 2.10. The van der Waals surface area contributed by atoms with Crippen molar-refractivity contribution in [2.45, 2.75) is 13.3 Å². The van der Waals surface area contributed by atoms with Gasteiger partial charge in [0.05, 0.1) is 19.4 Å². The van der Waals surface area contributed by atoms with Crippen molar-refractivity contribution in [3.05, 3.63) is 24.3 Å². The molecule has 0 aromatic rings. The van der Waals surface area contributed by atoms with E-state index in [0.29, 0.717) is 0 Å². The molecule has 1 unspecified atom stereocenters. The smallest absolute Gasteiger partial charge is 0.310 e. The van der Waals surface area contributed by atoms with Gasteiger partial charge in [-0.2, -0.15) is 0 Å². The molecule has 0 aromatic heterocycles. The fraction of sp³-hybridized carbons (Fsp3) is 0.400. The maximum absolute atomic E-state index is 10.8. The van der Waals surface area contributed by atoms with Crippen LogP contribution in [0.4, 0.5) is 0 Å². The summed E-state index contributed by atoms with van der Waals surface area (Å²) in [6, 6.07) is 0. The molecule has 0 fully saturated rings. The molecule has 0 saturated heterocycles. The Hall–Kier alpha value is -1.58. The van der Waals surface area contributed by atoms with Gasteiger partial charge in [-0.15, -0.1) is 0 Å². The Kier molecular flexibility index (Phi) is 5.29. The fourth-order valence-corrected chi connectivity index (χ4v) is 0.781. The number of ether oxygens (including phenoxy) is 1. The van der Waals surface area contributed by atoms with E-state index in [1.165, 1.54) is 13.2 Å². The predicted octanol–water partition coefficient (Wildman–Crippen LogP) is 1.38. The normalized spacial score (nSPS) is 12.4. The molecule has 1 N–H and O–H groups in total. The number of carboxylic acid groups (broad SMARTS) is 1. The lowest BCUT2D eigenvalue weighted by atomic mass is 10.0. The lowest BCUT2D eigenvalue weighted by Gasteiger charge is -2.05. The van der Waals surface area contributed by atoms with E-state index in [1.807, 2.05) is 0 Å². The summed E-state index contributed by atoms with van der Waals surface area (Å²) in [5, 5.41) is 8.74. The molecule has 0 bridgehead atoms. The molecule has 0 aliphatic rings. The largest absolute Gasteiger partial charge is 0.481 e. The number of hydrogen-bond acceptors (Lipinski definition) is 3. The van der Waals surface area contributed by atoms with Crippen LogP contribution in [0.2, 0.25) is 0 Å². The zero-order valence-electron chi connectivity index (χ0n) is 8.32. The SMILES string of the molecule is C=C(C)C=CC(CC(=O)OC)C(=O)O. The van der Waals surface area contributed by atoms with Gasteiger partial charge in [0.25, 0.3) is 0 Å². The Bertz CT molecular complexity index is 265. The van der Waals surface area contributed by atoms with Crippen molar-refractivity contribution in [2.24, 2.45) is 5.92 Å². The van der Waals surface area contributed by atoms with Crippen LogP contribution < -0.4 is 0 Å². The van der Waals surface area contributed by atoms with Crippen molar-refractivity contribution in [3.8, 4) is 0 Å². The number of aliphatic carboxylic acids is 1. The van der Waals surface area contributed by atoms with Crippen LogP contribution in [0, 0.1) is 5.92 Å². The molecule has 0 aromatic carbocycles. The summed E-state index contributed by atoms with van der Waals surface area (Å²) >= 11 is 0. The van der Waals surface area contributed by atoms with Gasteiger partial charge in [0, 0.05) is 0 Å². The van der Waals surface area contributed by atoms with E-state index in [1.54, 1.807) is 13.0 Å². The Balaban J connectivity index is 4.38. The van der Waals surface area contributed by atoms with E-state index < -0.39 is 17.9 Å².